The number of hydrogen-bond donors (Lipinski definition) is 2. The van der Waals surface area contributed by atoms with E-state index in [1.165, 1.54) is 0 Å². The first-order chi connectivity index (χ1) is 9.68. The van der Waals surface area contributed by atoms with E-state index in [0.29, 0.717) is 31.0 Å². The van der Waals surface area contributed by atoms with E-state index in [1.807, 2.05) is 20.8 Å². The molecule has 0 aliphatic carbocycles. The number of carboxylic acid groups (broad SMARTS) is 1. The SMILES string of the molecule is CC(CC(=O)O)NC(=O)CCCc1nc(C(C)(C)C)no1. The molecule has 1 aromatic heterocycles. The van der Waals surface area contributed by atoms with Crippen LogP contribution in [-0.2, 0) is 21.4 Å². The zero-order valence-electron chi connectivity index (χ0n) is 13.0. The zero-order valence-corrected chi connectivity index (χ0v) is 13.0. The first kappa shape index (κ1) is 17.1. The van der Waals surface area contributed by atoms with Crippen molar-refractivity contribution in [3.63, 3.8) is 0 Å². The summed E-state index contributed by atoms with van der Waals surface area (Å²) in [6.45, 7) is 7.66. The van der Waals surface area contributed by atoms with Gasteiger partial charge in [0.2, 0.25) is 11.8 Å². The summed E-state index contributed by atoms with van der Waals surface area (Å²) >= 11 is 0. The normalized spacial score (nSPS) is 13.0. The topological polar surface area (TPSA) is 105 Å². The van der Waals surface area contributed by atoms with Gasteiger partial charge in [-0.15, -0.1) is 0 Å². The van der Waals surface area contributed by atoms with Crippen LogP contribution in [0.5, 0.6) is 0 Å². The maximum atomic E-state index is 11.6. The van der Waals surface area contributed by atoms with Gasteiger partial charge in [-0.2, -0.15) is 4.98 Å². The van der Waals surface area contributed by atoms with Gasteiger partial charge in [-0.05, 0) is 13.3 Å². The Labute approximate surface area is 124 Å². The minimum Gasteiger partial charge on any atom is -0.481 e. The smallest absolute Gasteiger partial charge is 0.305 e. The van der Waals surface area contributed by atoms with E-state index >= 15 is 0 Å². The summed E-state index contributed by atoms with van der Waals surface area (Å²) < 4.78 is 5.14. The molecule has 118 valence electrons. The van der Waals surface area contributed by atoms with Crippen molar-refractivity contribution >= 4 is 11.9 Å². The van der Waals surface area contributed by atoms with Gasteiger partial charge in [0.25, 0.3) is 0 Å². The second kappa shape index (κ2) is 7.19. The lowest BCUT2D eigenvalue weighted by Gasteiger charge is -2.11. The fourth-order valence-corrected chi connectivity index (χ4v) is 1.72. The molecule has 7 heteroatoms. The van der Waals surface area contributed by atoms with Gasteiger partial charge in [-0.1, -0.05) is 25.9 Å². The van der Waals surface area contributed by atoms with Crippen LogP contribution < -0.4 is 5.32 Å². The monoisotopic (exact) mass is 297 g/mol. The second-order valence-corrected chi connectivity index (χ2v) is 6.18. The molecule has 1 unspecified atom stereocenters. The number of carboxylic acids is 1. The third kappa shape index (κ3) is 6.37. The van der Waals surface area contributed by atoms with Crippen LogP contribution in [-0.4, -0.2) is 33.2 Å². The van der Waals surface area contributed by atoms with E-state index in [1.54, 1.807) is 6.92 Å². The first-order valence-corrected chi connectivity index (χ1v) is 7.02. The summed E-state index contributed by atoms with van der Waals surface area (Å²) in [5, 5.41) is 15.2. The fourth-order valence-electron chi connectivity index (χ4n) is 1.72. The van der Waals surface area contributed by atoms with Crippen LogP contribution in [0.2, 0.25) is 0 Å². The van der Waals surface area contributed by atoms with Crippen molar-refractivity contribution in [3.8, 4) is 0 Å². The van der Waals surface area contributed by atoms with Crippen LogP contribution in [0.1, 0.15) is 58.7 Å². The highest BCUT2D eigenvalue weighted by atomic mass is 16.5. The number of amides is 1. The van der Waals surface area contributed by atoms with Crippen molar-refractivity contribution < 1.29 is 19.2 Å². The first-order valence-electron chi connectivity index (χ1n) is 7.02. The fraction of sp³-hybridized carbons (Fsp3) is 0.714. The van der Waals surface area contributed by atoms with E-state index < -0.39 is 5.97 Å². The summed E-state index contributed by atoms with van der Waals surface area (Å²) in [7, 11) is 0. The molecule has 0 saturated heterocycles. The van der Waals surface area contributed by atoms with Gasteiger partial charge in [0.1, 0.15) is 0 Å². The minimum absolute atomic E-state index is 0.0790. The summed E-state index contributed by atoms with van der Waals surface area (Å²) in [6, 6.07) is -0.370. The number of hydrogen-bond acceptors (Lipinski definition) is 5. The molecular formula is C14H23N3O4. The Morgan fingerprint density at radius 3 is 2.57 bits per heavy atom. The average molecular weight is 297 g/mol. The van der Waals surface area contributed by atoms with Gasteiger partial charge in [0, 0.05) is 24.3 Å². The molecule has 0 fully saturated rings. The molecule has 0 aliphatic heterocycles. The lowest BCUT2D eigenvalue weighted by molar-refractivity contribution is -0.137. The summed E-state index contributed by atoms with van der Waals surface area (Å²) in [5.41, 5.74) is -0.161. The molecular weight excluding hydrogens is 274 g/mol. The summed E-state index contributed by atoms with van der Waals surface area (Å²) in [4.78, 5) is 26.4. The summed E-state index contributed by atoms with van der Waals surface area (Å²) in [6.07, 6.45) is 1.34. The lowest BCUT2D eigenvalue weighted by Crippen LogP contribution is -2.34. The number of nitrogens with one attached hydrogen (secondary N) is 1. The van der Waals surface area contributed by atoms with E-state index in [0.717, 1.165) is 0 Å². The molecule has 0 aromatic carbocycles. The van der Waals surface area contributed by atoms with Crippen LogP contribution in [0, 0.1) is 0 Å². The van der Waals surface area contributed by atoms with Gasteiger partial charge in [0.05, 0.1) is 6.42 Å². The van der Waals surface area contributed by atoms with Gasteiger partial charge in [-0.25, -0.2) is 0 Å². The molecule has 1 rings (SSSR count). The van der Waals surface area contributed by atoms with E-state index in [2.05, 4.69) is 15.5 Å². The van der Waals surface area contributed by atoms with Crippen molar-refractivity contribution in [2.24, 2.45) is 0 Å². The molecule has 1 amide bonds. The Morgan fingerprint density at radius 1 is 1.38 bits per heavy atom. The van der Waals surface area contributed by atoms with E-state index in [-0.39, 0.29) is 23.8 Å². The Morgan fingerprint density at radius 2 is 2.05 bits per heavy atom. The number of carbonyl (C=O) groups excluding carboxylic acids is 1. The number of carbonyl (C=O) groups is 2. The molecule has 0 spiro atoms. The van der Waals surface area contributed by atoms with Gasteiger partial charge < -0.3 is 14.9 Å². The zero-order chi connectivity index (χ0) is 16.0. The lowest BCUT2D eigenvalue weighted by atomic mass is 9.96. The van der Waals surface area contributed by atoms with Crippen molar-refractivity contribution in [2.45, 2.75) is 64.8 Å². The quantitative estimate of drug-likeness (QED) is 0.793. The average Bonchev–Trinajstić information content (AvgIpc) is 2.75. The third-order valence-corrected chi connectivity index (χ3v) is 2.82. The Balaban J connectivity index is 2.32. The predicted octanol–water partition coefficient (Wildman–Crippen LogP) is 1.67. The van der Waals surface area contributed by atoms with Crippen molar-refractivity contribution in [1.29, 1.82) is 0 Å². The number of aromatic nitrogens is 2. The van der Waals surface area contributed by atoms with Gasteiger partial charge >= 0.3 is 5.97 Å². The van der Waals surface area contributed by atoms with E-state index in [9.17, 15) is 9.59 Å². The van der Waals surface area contributed by atoms with Crippen LogP contribution in [0.15, 0.2) is 4.52 Å². The molecule has 1 aromatic rings. The molecule has 1 heterocycles. The predicted molar refractivity (Wildman–Crippen MR) is 75.8 cm³/mol. The molecule has 21 heavy (non-hydrogen) atoms. The van der Waals surface area contributed by atoms with Crippen molar-refractivity contribution in [2.75, 3.05) is 0 Å². The van der Waals surface area contributed by atoms with Gasteiger partial charge in [-0.3, -0.25) is 9.59 Å². The standard InChI is InChI=1S/C14H23N3O4/c1-9(8-12(19)20)15-10(18)6-5-7-11-16-13(17-21-11)14(2,3)4/h9H,5-8H2,1-4H3,(H,15,18)(H,19,20). The highest BCUT2D eigenvalue weighted by Crippen LogP contribution is 2.18. The highest BCUT2D eigenvalue weighted by Gasteiger charge is 2.20. The molecule has 7 nitrogen and oxygen atoms in total. The number of rotatable bonds is 7. The molecule has 0 saturated carbocycles. The van der Waals surface area contributed by atoms with Crippen LogP contribution in [0.25, 0.3) is 0 Å². The highest BCUT2D eigenvalue weighted by molar-refractivity contribution is 5.77. The molecule has 0 radical (unpaired) electrons. The van der Waals surface area contributed by atoms with Crippen molar-refractivity contribution in [1.82, 2.24) is 15.5 Å². The third-order valence-electron chi connectivity index (χ3n) is 2.82. The maximum Gasteiger partial charge on any atom is 0.305 e. The Bertz CT molecular complexity index is 491. The Hall–Kier alpha value is -1.92. The van der Waals surface area contributed by atoms with Crippen LogP contribution >= 0.6 is 0 Å². The number of aryl methyl sites for hydroxylation is 1. The molecule has 0 aliphatic rings. The molecule has 2 N–H and O–H groups in total. The maximum absolute atomic E-state index is 11.6. The Kier molecular flexibility index (Phi) is 5.87. The molecule has 1 atom stereocenters. The minimum atomic E-state index is -0.927. The molecule has 0 bridgehead atoms. The van der Waals surface area contributed by atoms with E-state index in [4.69, 9.17) is 9.63 Å². The second-order valence-electron chi connectivity index (χ2n) is 6.18. The van der Waals surface area contributed by atoms with Crippen LogP contribution in [0.3, 0.4) is 0 Å². The largest absolute Gasteiger partial charge is 0.481 e. The van der Waals surface area contributed by atoms with Crippen molar-refractivity contribution in [3.05, 3.63) is 11.7 Å². The van der Waals surface area contributed by atoms with Crippen LogP contribution in [0.4, 0.5) is 0 Å². The summed E-state index contributed by atoms with van der Waals surface area (Å²) in [5.74, 6) is 0.0750. The number of nitrogens with zero attached hydrogens (tertiary/aromatic N) is 2. The number of aliphatic carboxylic acids is 1. The van der Waals surface area contributed by atoms with Gasteiger partial charge in [0.15, 0.2) is 5.82 Å².